The molecule has 0 spiro atoms. The van der Waals surface area contributed by atoms with Crippen molar-refractivity contribution < 1.29 is 22.7 Å². The van der Waals surface area contributed by atoms with Gasteiger partial charge in [-0.3, -0.25) is 9.69 Å². The van der Waals surface area contributed by atoms with Crippen LogP contribution in [0.25, 0.3) is 0 Å². The predicted molar refractivity (Wildman–Crippen MR) is 99.6 cm³/mol. The van der Waals surface area contributed by atoms with E-state index in [0.29, 0.717) is 45.9 Å². The number of carbonyl (C=O) groups is 1. The summed E-state index contributed by atoms with van der Waals surface area (Å²) in [4.78, 5) is 16.3. The van der Waals surface area contributed by atoms with E-state index in [1.807, 2.05) is 6.07 Å². The molecular weight excluding hydrogens is 372 g/mol. The molecule has 0 saturated carbocycles. The minimum Gasteiger partial charge on any atom is -0.383 e. The van der Waals surface area contributed by atoms with E-state index in [-0.39, 0.29) is 23.1 Å². The number of carbonyl (C=O) groups excluding carboxylic acids is 1. The molecule has 2 fully saturated rings. The fourth-order valence-electron chi connectivity index (χ4n) is 3.14. The van der Waals surface area contributed by atoms with Crippen LogP contribution in [0.2, 0.25) is 0 Å². The molecule has 2 rings (SSSR count). The van der Waals surface area contributed by atoms with Crippen molar-refractivity contribution >= 4 is 15.7 Å². The summed E-state index contributed by atoms with van der Waals surface area (Å²) in [6.45, 7) is 4.98. The van der Waals surface area contributed by atoms with E-state index in [4.69, 9.17) is 9.47 Å². The summed E-state index contributed by atoms with van der Waals surface area (Å²) in [5.74, 6) is -0.290. The molecular formula is C17H28N4O5S. The molecule has 1 unspecified atom stereocenters. The molecule has 2 saturated heterocycles. The van der Waals surface area contributed by atoms with Gasteiger partial charge in [0.15, 0.2) is 9.84 Å². The average Bonchev–Trinajstić information content (AvgIpc) is 3.02. The first kappa shape index (κ1) is 21.6. The van der Waals surface area contributed by atoms with E-state index >= 15 is 0 Å². The first-order valence-electron chi connectivity index (χ1n) is 9.10. The van der Waals surface area contributed by atoms with Gasteiger partial charge in [0.1, 0.15) is 11.6 Å². The molecule has 152 valence electrons. The second-order valence-corrected chi connectivity index (χ2v) is 8.88. The Kier molecular flexibility index (Phi) is 8.50. The van der Waals surface area contributed by atoms with Gasteiger partial charge in [0.25, 0.3) is 5.91 Å². The second-order valence-electron chi connectivity index (χ2n) is 6.65. The van der Waals surface area contributed by atoms with Gasteiger partial charge < -0.3 is 19.7 Å². The topological polar surface area (TPSA) is 112 Å². The van der Waals surface area contributed by atoms with Gasteiger partial charge >= 0.3 is 0 Å². The van der Waals surface area contributed by atoms with Gasteiger partial charge in [-0.15, -0.1) is 0 Å². The first-order chi connectivity index (χ1) is 12.9. The molecule has 2 aliphatic heterocycles. The Morgan fingerprint density at radius 2 is 2.19 bits per heavy atom. The van der Waals surface area contributed by atoms with Crippen LogP contribution in [0.5, 0.6) is 0 Å². The van der Waals surface area contributed by atoms with Crippen LogP contribution in [0, 0.1) is 11.3 Å². The van der Waals surface area contributed by atoms with Crippen LogP contribution in [0.4, 0.5) is 0 Å². The molecule has 0 aliphatic carbocycles. The largest absolute Gasteiger partial charge is 0.383 e. The molecule has 0 bridgehead atoms. The normalized spacial score (nSPS) is 23.0. The monoisotopic (exact) mass is 400 g/mol. The quantitative estimate of drug-likeness (QED) is 0.387. The second kappa shape index (κ2) is 10.6. The van der Waals surface area contributed by atoms with Gasteiger partial charge in [0, 0.05) is 52.1 Å². The van der Waals surface area contributed by atoms with Crippen molar-refractivity contribution in [1.82, 2.24) is 15.1 Å². The number of sulfone groups is 1. The lowest BCUT2D eigenvalue weighted by atomic mass is 10.2. The number of hydrogen-bond donors (Lipinski definition) is 1. The predicted octanol–water partition coefficient (Wildman–Crippen LogP) is -1.02. The maximum Gasteiger partial charge on any atom is 0.263 e. The van der Waals surface area contributed by atoms with Crippen molar-refractivity contribution in [2.75, 3.05) is 71.2 Å². The fraction of sp³-hybridized carbons (Fsp3) is 0.765. The minimum atomic E-state index is -3.07. The molecule has 1 amide bonds. The lowest BCUT2D eigenvalue weighted by Crippen LogP contribution is -2.41. The van der Waals surface area contributed by atoms with Crippen LogP contribution in [0.3, 0.4) is 0 Å². The molecule has 10 heteroatoms. The van der Waals surface area contributed by atoms with Gasteiger partial charge in [-0.2, -0.15) is 5.26 Å². The third kappa shape index (κ3) is 7.10. The number of hydrogen-bond acceptors (Lipinski definition) is 8. The standard InChI is InChI=1S/C17H28N4O5S/c1-25-8-7-21(16-2-11-27(23,24)14-16)13-15(12-18)17(22)19-3-4-20-5-9-26-10-6-20/h13,16H,2-11,14H2,1H3,(H,19,22)/b15-13-. The SMILES string of the molecule is COCCN(/C=C(/C#N)C(=O)NCCN1CCOCC1)C1CCS(=O)(=O)C1. The number of rotatable bonds is 9. The van der Waals surface area contributed by atoms with Crippen molar-refractivity contribution in [1.29, 1.82) is 5.26 Å². The highest BCUT2D eigenvalue weighted by molar-refractivity contribution is 7.91. The Morgan fingerprint density at radius 3 is 2.78 bits per heavy atom. The highest BCUT2D eigenvalue weighted by Crippen LogP contribution is 2.18. The number of nitriles is 1. The molecule has 1 atom stereocenters. The molecule has 27 heavy (non-hydrogen) atoms. The number of ether oxygens (including phenoxy) is 2. The third-order valence-corrected chi connectivity index (χ3v) is 6.46. The zero-order valence-corrected chi connectivity index (χ0v) is 16.5. The number of amides is 1. The number of morpholine rings is 1. The Labute approximate surface area is 160 Å². The Balaban J connectivity index is 1.94. The summed E-state index contributed by atoms with van der Waals surface area (Å²) in [6.07, 6.45) is 1.95. The molecule has 9 nitrogen and oxygen atoms in total. The summed E-state index contributed by atoms with van der Waals surface area (Å²) >= 11 is 0. The van der Waals surface area contributed by atoms with Crippen LogP contribution >= 0.6 is 0 Å². The van der Waals surface area contributed by atoms with Crippen molar-refractivity contribution in [2.45, 2.75) is 12.5 Å². The number of nitrogens with zero attached hydrogens (tertiary/aromatic N) is 3. The van der Waals surface area contributed by atoms with Gasteiger partial charge in [0.2, 0.25) is 0 Å². The number of nitrogens with one attached hydrogen (secondary N) is 1. The Bertz CT molecular complexity index is 667. The van der Waals surface area contributed by atoms with Crippen LogP contribution < -0.4 is 5.32 Å². The van der Waals surface area contributed by atoms with Crippen LogP contribution in [-0.2, 0) is 24.1 Å². The molecule has 1 N–H and O–H groups in total. The molecule has 0 radical (unpaired) electrons. The number of methoxy groups -OCH3 is 1. The zero-order valence-electron chi connectivity index (χ0n) is 15.7. The molecule has 0 aromatic heterocycles. The lowest BCUT2D eigenvalue weighted by molar-refractivity contribution is -0.117. The summed E-state index contributed by atoms with van der Waals surface area (Å²) in [5.41, 5.74) is -0.0302. The molecule has 0 aromatic rings. The molecule has 0 aromatic carbocycles. The van der Waals surface area contributed by atoms with Crippen molar-refractivity contribution in [3.05, 3.63) is 11.8 Å². The lowest BCUT2D eigenvalue weighted by Gasteiger charge is -2.27. The van der Waals surface area contributed by atoms with Crippen molar-refractivity contribution in [2.24, 2.45) is 0 Å². The summed E-state index contributed by atoms with van der Waals surface area (Å²) in [7, 11) is -1.51. The van der Waals surface area contributed by atoms with E-state index < -0.39 is 15.7 Å². The van der Waals surface area contributed by atoms with Crippen LogP contribution in [0.1, 0.15) is 6.42 Å². The van der Waals surface area contributed by atoms with E-state index in [2.05, 4.69) is 10.2 Å². The maximum absolute atomic E-state index is 12.3. The summed E-state index contributed by atoms with van der Waals surface area (Å²) in [6, 6.07) is 1.68. The molecule has 2 aliphatic rings. The zero-order chi connectivity index (χ0) is 19.7. The Morgan fingerprint density at radius 1 is 1.44 bits per heavy atom. The fourth-order valence-corrected chi connectivity index (χ4v) is 4.88. The Hall–Kier alpha value is -1.67. The first-order valence-corrected chi connectivity index (χ1v) is 10.9. The van der Waals surface area contributed by atoms with E-state index in [1.54, 1.807) is 12.0 Å². The summed E-state index contributed by atoms with van der Waals surface area (Å²) in [5, 5.41) is 12.1. The highest BCUT2D eigenvalue weighted by Gasteiger charge is 2.31. The maximum atomic E-state index is 12.3. The van der Waals surface area contributed by atoms with Crippen molar-refractivity contribution in [3.63, 3.8) is 0 Å². The third-order valence-electron chi connectivity index (χ3n) is 4.71. The van der Waals surface area contributed by atoms with Crippen LogP contribution in [-0.4, -0.2) is 101 Å². The van der Waals surface area contributed by atoms with E-state index in [0.717, 1.165) is 13.1 Å². The minimum absolute atomic E-state index is 0.0302. The summed E-state index contributed by atoms with van der Waals surface area (Å²) < 4.78 is 33.9. The van der Waals surface area contributed by atoms with E-state index in [1.165, 1.54) is 6.20 Å². The van der Waals surface area contributed by atoms with Gasteiger partial charge in [-0.1, -0.05) is 0 Å². The molecule has 2 heterocycles. The van der Waals surface area contributed by atoms with Gasteiger partial charge in [-0.05, 0) is 6.42 Å². The van der Waals surface area contributed by atoms with Crippen LogP contribution in [0.15, 0.2) is 11.8 Å². The average molecular weight is 401 g/mol. The van der Waals surface area contributed by atoms with Gasteiger partial charge in [0.05, 0.1) is 31.3 Å². The van der Waals surface area contributed by atoms with Crippen molar-refractivity contribution in [3.8, 4) is 6.07 Å². The van der Waals surface area contributed by atoms with E-state index in [9.17, 15) is 18.5 Å². The van der Waals surface area contributed by atoms with Gasteiger partial charge in [-0.25, -0.2) is 8.42 Å². The smallest absolute Gasteiger partial charge is 0.263 e. The highest BCUT2D eigenvalue weighted by atomic mass is 32.2.